The molecule has 0 aliphatic carbocycles. The summed E-state index contributed by atoms with van der Waals surface area (Å²) >= 11 is 1.21. The van der Waals surface area contributed by atoms with Crippen LogP contribution >= 0.6 is 11.8 Å². The third-order valence-corrected chi connectivity index (χ3v) is 8.64. The van der Waals surface area contributed by atoms with Crippen LogP contribution in [0.15, 0.2) is 138 Å². The lowest BCUT2D eigenvalue weighted by Crippen LogP contribution is -2.30. The molecule has 4 N–H and O–H groups in total. The lowest BCUT2D eigenvalue weighted by atomic mass is 10.1. The Morgan fingerprint density at radius 3 is 2.16 bits per heavy atom. The third kappa shape index (κ3) is 8.88. The number of amides is 3. The molecule has 0 saturated carbocycles. The van der Waals surface area contributed by atoms with Gasteiger partial charge in [-0.3, -0.25) is 24.5 Å². The normalized spacial score (nSPS) is 11.6. The molecule has 0 spiro atoms. The van der Waals surface area contributed by atoms with Crippen molar-refractivity contribution >= 4 is 58.6 Å². The van der Waals surface area contributed by atoms with E-state index in [9.17, 15) is 34.4 Å². The average molecular weight is 687 g/mol. The Bertz CT molecular complexity index is 2100. The second-order valence-corrected chi connectivity index (χ2v) is 12.1. The summed E-state index contributed by atoms with van der Waals surface area (Å²) in [4.78, 5) is 63.7. The van der Waals surface area contributed by atoms with E-state index in [0.717, 1.165) is 0 Å². The number of carbonyl (C=O) groups is 4. The van der Waals surface area contributed by atoms with Gasteiger partial charge in [0.1, 0.15) is 10.9 Å². The highest BCUT2D eigenvalue weighted by molar-refractivity contribution is 8.00. The van der Waals surface area contributed by atoms with Crippen molar-refractivity contribution in [1.82, 2.24) is 5.32 Å². The van der Waals surface area contributed by atoms with Crippen LogP contribution in [0.3, 0.4) is 0 Å². The summed E-state index contributed by atoms with van der Waals surface area (Å²) in [5.74, 6) is -2.83. The minimum atomic E-state index is -1.12. The van der Waals surface area contributed by atoms with Gasteiger partial charge in [-0.15, -0.1) is 11.8 Å². The first kappa shape index (κ1) is 34.8. The summed E-state index contributed by atoms with van der Waals surface area (Å²) in [6, 6.07) is 34.3. The molecular formula is C38H30N4O7S. The maximum Gasteiger partial charge on any atom is 0.335 e. The zero-order valence-corrected chi connectivity index (χ0v) is 27.3. The molecule has 5 rings (SSSR count). The summed E-state index contributed by atoms with van der Waals surface area (Å²) in [7, 11) is 0. The fraction of sp³-hybridized carbons (Fsp3) is 0.0526. The largest absolute Gasteiger partial charge is 0.478 e. The van der Waals surface area contributed by atoms with Crippen molar-refractivity contribution in [3.05, 3.63) is 171 Å². The van der Waals surface area contributed by atoms with E-state index in [1.807, 2.05) is 6.07 Å². The van der Waals surface area contributed by atoms with Crippen LogP contribution in [-0.4, -0.2) is 33.7 Å². The highest BCUT2D eigenvalue weighted by Gasteiger charge is 2.24. The van der Waals surface area contributed by atoms with Crippen LogP contribution in [0.1, 0.15) is 42.7 Å². The summed E-state index contributed by atoms with van der Waals surface area (Å²) in [6.45, 7) is 1.76. The molecule has 250 valence electrons. The second-order valence-electron chi connectivity index (χ2n) is 10.9. The number of hydrogen-bond acceptors (Lipinski definition) is 7. The number of nitro groups is 1. The lowest BCUT2D eigenvalue weighted by molar-refractivity contribution is -0.385. The van der Waals surface area contributed by atoms with E-state index in [-0.39, 0.29) is 34.0 Å². The van der Waals surface area contributed by atoms with Crippen LogP contribution < -0.4 is 16.0 Å². The van der Waals surface area contributed by atoms with Crippen molar-refractivity contribution in [2.75, 3.05) is 10.6 Å². The number of anilines is 2. The fourth-order valence-electron chi connectivity index (χ4n) is 4.84. The topological polar surface area (TPSA) is 168 Å². The van der Waals surface area contributed by atoms with Gasteiger partial charge in [0.2, 0.25) is 5.91 Å². The molecule has 0 aliphatic heterocycles. The zero-order chi connectivity index (χ0) is 35.6. The second kappa shape index (κ2) is 16.0. The van der Waals surface area contributed by atoms with E-state index < -0.39 is 28.0 Å². The van der Waals surface area contributed by atoms with Crippen LogP contribution in [0.2, 0.25) is 0 Å². The smallest absolute Gasteiger partial charge is 0.335 e. The van der Waals surface area contributed by atoms with Crippen LogP contribution in [0.5, 0.6) is 0 Å². The Labute approximate surface area is 291 Å². The number of thioether (sulfide) groups is 1. The number of carboxylic acids is 1. The Morgan fingerprint density at radius 1 is 0.780 bits per heavy atom. The molecule has 0 radical (unpaired) electrons. The number of carboxylic acid groups (broad SMARTS) is 1. The first-order valence-corrected chi connectivity index (χ1v) is 16.1. The lowest BCUT2D eigenvalue weighted by Gasteiger charge is -2.19. The molecule has 5 aromatic carbocycles. The van der Waals surface area contributed by atoms with Crippen LogP contribution in [-0.2, 0) is 9.59 Å². The van der Waals surface area contributed by atoms with Gasteiger partial charge in [0.25, 0.3) is 17.5 Å². The molecule has 1 unspecified atom stereocenters. The van der Waals surface area contributed by atoms with Crippen molar-refractivity contribution < 1.29 is 29.2 Å². The first-order chi connectivity index (χ1) is 24.1. The van der Waals surface area contributed by atoms with Gasteiger partial charge in [0.15, 0.2) is 0 Å². The average Bonchev–Trinajstić information content (AvgIpc) is 3.12. The van der Waals surface area contributed by atoms with Crippen molar-refractivity contribution in [1.29, 1.82) is 0 Å². The van der Waals surface area contributed by atoms with Crippen LogP contribution in [0.25, 0.3) is 6.08 Å². The van der Waals surface area contributed by atoms with E-state index in [4.69, 9.17) is 0 Å². The first-order valence-electron chi connectivity index (χ1n) is 15.2. The van der Waals surface area contributed by atoms with Gasteiger partial charge in [-0.05, 0) is 72.7 Å². The molecule has 0 bridgehead atoms. The van der Waals surface area contributed by atoms with Crippen LogP contribution in [0, 0.1) is 17.0 Å². The van der Waals surface area contributed by atoms with E-state index in [0.29, 0.717) is 27.4 Å². The van der Waals surface area contributed by atoms with E-state index in [1.165, 1.54) is 48.2 Å². The number of hydrogen-bond donors (Lipinski definition) is 4. The van der Waals surface area contributed by atoms with Gasteiger partial charge < -0.3 is 21.1 Å². The third-order valence-electron chi connectivity index (χ3n) is 7.39. The summed E-state index contributed by atoms with van der Waals surface area (Å²) in [6.07, 6.45) is 1.24. The molecule has 50 heavy (non-hydrogen) atoms. The maximum absolute atomic E-state index is 13.7. The Kier molecular flexibility index (Phi) is 11.2. The molecule has 0 fully saturated rings. The summed E-state index contributed by atoms with van der Waals surface area (Å²) < 4.78 is 0. The molecule has 0 heterocycles. The summed E-state index contributed by atoms with van der Waals surface area (Å²) in [5.41, 5.74) is 2.03. The Hall–Kier alpha value is -6.53. The zero-order valence-electron chi connectivity index (χ0n) is 26.5. The molecule has 0 aliphatic rings. The van der Waals surface area contributed by atoms with Gasteiger partial charge in [-0.1, -0.05) is 72.8 Å². The van der Waals surface area contributed by atoms with E-state index in [2.05, 4.69) is 16.0 Å². The molecule has 0 saturated heterocycles. The monoisotopic (exact) mass is 686 g/mol. The molecule has 0 aromatic heterocycles. The molecule has 11 nitrogen and oxygen atoms in total. The number of nitrogens with zero attached hydrogens (tertiary/aromatic N) is 1. The van der Waals surface area contributed by atoms with Gasteiger partial charge >= 0.3 is 5.97 Å². The summed E-state index contributed by atoms with van der Waals surface area (Å²) in [5, 5.41) is 28.6. The predicted octanol–water partition coefficient (Wildman–Crippen LogP) is 7.48. The quantitative estimate of drug-likeness (QED) is 0.0453. The molecule has 1 atom stereocenters. The minimum absolute atomic E-state index is 0.0357. The number of aromatic carboxylic acids is 1. The molecule has 5 aromatic rings. The number of benzene rings is 5. The van der Waals surface area contributed by atoms with Gasteiger partial charge in [0, 0.05) is 27.9 Å². The van der Waals surface area contributed by atoms with E-state index in [1.54, 1.807) is 97.9 Å². The highest BCUT2D eigenvalue weighted by Crippen LogP contribution is 2.37. The van der Waals surface area contributed by atoms with Crippen molar-refractivity contribution in [2.24, 2.45) is 0 Å². The number of rotatable bonds is 12. The predicted molar refractivity (Wildman–Crippen MR) is 192 cm³/mol. The number of carbonyl (C=O) groups excluding carboxylic acids is 3. The van der Waals surface area contributed by atoms with Crippen molar-refractivity contribution in [2.45, 2.75) is 17.1 Å². The minimum Gasteiger partial charge on any atom is -0.478 e. The number of aryl methyl sites for hydroxylation is 1. The number of para-hydroxylation sites is 1. The van der Waals surface area contributed by atoms with Crippen LogP contribution in [0.4, 0.5) is 17.1 Å². The fourth-order valence-corrected chi connectivity index (χ4v) is 5.93. The van der Waals surface area contributed by atoms with Crippen molar-refractivity contribution in [3.8, 4) is 0 Å². The number of nitro benzene ring substituents is 1. The molecule has 3 amide bonds. The van der Waals surface area contributed by atoms with Gasteiger partial charge in [0.05, 0.1) is 16.1 Å². The highest BCUT2D eigenvalue weighted by atomic mass is 32.2. The van der Waals surface area contributed by atoms with Gasteiger partial charge in [-0.2, -0.15) is 0 Å². The Balaban J connectivity index is 1.42. The number of nitrogens with one attached hydrogen (secondary N) is 3. The van der Waals surface area contributed by atoms with Gasteiger partial charge in [-0.25, -0.2) is 4.79 Å². The maximum atomic E-state index is 13.7. The standard InChI is InChI=1S/C38H30N4O7S/c1-24-19-20-28(38(46)47)22-31(24)40-37(45)34(25-11-4-2-5-12-25)50-30-17-10-16-29(23-30)39-36(44)32(41-35(43)26-13-6-3-7-14-26)21-27-15-8-9-18-33(27)42(48)49/h2-23,34H,1H3,(H,39,44)(H,40,45)(H,41,43)(H,46,47)/b32-21+. The molecule has 12 heteroatoms. The van der Waals surface area contributed by atoms with Crippen molar-refractivity contribution in [3.63, 3.8) is 0 Å². The Morgan fingerprint density at radius 2 is 1.46 bits per heavy atom. The van der Waals surface area contributed by atoms with E-state index >= 15 is 0 Å². The SMILES string of the molecule is Cc1ccc(C(=O)O)cc1NC(=O)C(Sc1cccc(NC(=O)/C(=C\c2ccccc2[N+](=O)[O-])NC(=O)c2ccccc2)c1)c1ccccc1. The molecular weight excluding hydrogens is 657 g/mol.